The topological polar surface area (TPSA) is 103 Å². The summed E-state index contributed by atoms with van der Waals surface area (Å²) in [6.45, 7) is 4.06. The molecule has 2 amide bonds. The maximum absolute atomic E-state index is 13.1. The number of carbonyl (C=O) groups is 3. The first-order valence-electron chi connectivity index (χ1n) is 13.2. The second kappa shape index (κ2) is 13.2. The fourth-order valence-corrected chi connectivity index (χ4v) is 5.78. The van der Waals surface area contributed by atoms with Crippen LogP contribution in [0.15, 0.2) is 66.3 Å². The number of fused-ring (bicyclic) bond motifs is 2. The Balaban J connectivity index is 1.61. The van der Waals surface area contributed by atoms with Gasteiger partial charge in [0.2, 0.25) is 5.79 Å². The first-order valence-corrected chi connectivity index (χ1v) is 14.2. The molecule has 2 N–H and O–H groups in total. The highest BCUT2D eigenvalue weighted by Crippen LogP contribution is 2.40. The van der Waals surface area contributed by atoms with Gasteiger partial charge in [-0.3, -0.25) is 10.1 Å². The highest BCUT2D eigenvalue weighted by Gasteiger charge is 2.54. The lowest BCUT2D eigenvalue weighted by molar-refractivity contribution is -0.279. The number of thioether (sulfide) groups is 1. The summed E-state index contributed by atoms with van der Waals surface area (Å²) in [6, 6.07) is 8.38. The Kier molecular flexibility index (Phi) is 9.69. The van der Waals surface area contributed by atoms with Gasteiger partial charge in [-0.15, -0.1) is 0 Å². The van der Waals surface area contributed by atoms with Crippen LogP contribution >= 0.6 is 11.8 Å². The number of para-hydroxylation sites is 1. The molecule has 3 aliphatic heterocycles. The molecular formula is C29H36N2O6S. The summed E-state index contributed by atoms with van der Waals surface area (Å²) >= 11 is 1.12. The van der Waals surface area contributed by atoms with Crippen molar-refractivity contribution in [1.29, 1.82) is 0 Å². The van der Waals surface area contributed by atoms with Crippen molar-refractivity contribution in [3.63, 3.8) is 0 Å². The first-order chi connectivity index (χ1) is 18.3. The summed E-state index contributed by atoms with van der Waals surface area (Å²) in [5.74, 6) is -1.24. The number of allylic oxidation sites excluding steroid dienone is 5. The van der Waals surface area contributed by atoms with E-state index < -0.39 is 30.0 Å². The number of nitrogens with one attached hydrogen (secondary N) is 2. The normalized spacial score (nSPS) is 33.7. The lowest BCUT2D eigenvalue weighted by Crippen LogP contribution is -2.61. The van der Waals surface area contributed by atoms with Gasteiger partial charge in [-0.05, 0) is 50.7 Å². The molecule has 2 saturated heterocycles. The van der Waals surface area contributed by atoms with E-state index in [1.54, 1.807) is 12.1 Å². The number of anilines is 1. The number of esters is 1. The van der Waals surface area contributed by atoms with Gasteiger partial charge in [0.1, 0.15) is 12.1 Å². The van der Waals surface area contributed by atoms with Crippen LogP contribution in [0, 0.1) is 5.92 Å². The fourth-order valence-electron chi connectivity index (χ4n) is 4.90. The van der Waals surface area contributed by atoms with Gasteiger partial charge in [0.15, 0.2) is 0 Å². The zero-order valence-electron chi connectivity index (χ0n) is 21.9. The SMILES string of the molecule is C/C1=C/C(=O)O[C@@H]2C[C@@H](CC[C@H](C)/C=C\C=C\CC1)O[C@@](OC(=O)Nc1ccccc1)([C@@H]1CSC(=O)N1)C2. The maximum atomic E-state index is 13.1. The number of hydrogen-bond donors (Lipinski definition) is 2. The standard InChI is InChI=1S/C29H36N2O6S/c1-20-10-6-3-4-7-11-21(2)16-26(32)35-24-17-23(15-14-20)36-29(18-24,25-19-38-28(34)31-25)37-27(33)30-22-12-8-5-9-13-22/h3-6,8-10,12-13,16,20,23-25H,7,11,14-15,17-19H2,1-2H3,(H,30,33)(H,31,34)/b4-3+,10-6-,21-16-/t20-,23-,24-,25+,29+/m1/s1. The molecular weight excluding hydrogens is 504 g/mol. The average molecular weight is 541 g/mol. The molecule has 9 heteroatoms. The number of hydrogen-bond acceptors (Lipinski definition) is 7. The van der Waals surface area contributed by atoms with Crippen LogP contribution in [0.5, 0.6) is 0 Å². The van der Waals surface area contributed by atoms with Crippen LogP contribution in [-0.2, 0) is 19.0 Å². The van der Waals surface area contributed by atoms with Crippen LogP contribution in [0.3, 0.4) is 0 Å². The molecule has 0 saturated carbocycles. The number of rotatable bonds is 3. The lowest BCUT2D eigenvalue weighted by Gasteiger charge is -2.45. The molecule has 2 fully saturated rings. The Morgan fingerprint density at radius 1 is 1.16 bits per heavy atom. The molecule has 0 aromatic heterocycles. The molecule has 3 heterocycles. The molecule has 5 atom stereocenters. The molecule has 204 valence electrons. The van der Waals surface area contributed by atoms with E-state index in [0.29, 0.717) is 30.2 Å². The summed E-state index contributed by atoms with van der Waals surface area (Å²) in [5, 5.41) is 5.42. The molecule has 3 aliphatic rings. The third-order valence-corrected chi connectivity index (χ3v) is 7.76. The molecule has 1 aromatic rings. The predicted octanol–water partition coefficient (Wildman–Crippen LogP) is 6.12. The minimum absolute atomic E-state index is 0.119. The summed E-state index contributed by atoms with van der Waals surface area (Å²) < 4.78 is 18.5. The number of carbonyl (C=O) groups excluding carboxylic acids is 3. The summed E-state index contributed by atoms with van der Waals surface area (Å²) in [6.07, 6.45) is 12.0. The Morgan fingerprint density at radius 3 is 2.74 bits per heavy atom. The van der Waals surface area contributed by atoms with Crippen molar-refractivity contribution in [3.8, 4) is 0 Å². The molecule has 8 nitrogen and oxygen atoms in total. The van der Waals surface area contributed by atoms with E-state index in [2.05, 4.69) is 35.8 Å². The quantitative estimate of drug-likeness (QED) is 0.446. The van der Waals surface area contributed by atoms with E-state index >= 15 is 0 Å². The maximum Gasteiger partial charge on any atom is 0.414 e. The summed E-state index contributed by atoms with van der Waals surface area (Å²) in [7, 11) is 0. The molecule has 0 spiro atoms. The third kappa shape index (κ3) is 7.98. The van der Waals surface area contributed by atoms with Crippen molar-refractivity contribution < 1.29 is 28.6 Å². The highest BCUT2D eigenvalue weighted by atomic mass is 32.2. The zero-order chi connectivity index (χ0) is 27.0. The Morgan fingerprint density at radius 2 is 1.97 bits per heavy atom. The Bertz CT molecular complexity index is 1090. The predicted molar refractivity (Wildman–Crippen MR) is 148 cm³/mol. The van der Waals surface area contributed by atoms with Gasteiger partial charge in [-0.25, -0.2) is 9.59 Å². The molecule has 2 bridgehead atoms. The number of ether oxygens (including phenoxy) is 3. The second-order valence-corrected chi connectivity index (χ2v) is 11.1. The number of benzene rings is 1. The van der Waals surface area contributed by atoms with Crippen molar-refractivity contribution in [1.82, 2.24) is 5.32 Å². The summed E-state index contributed by atoms with van der Waals surface area (Å²) in [5.41, 5.74) is 1.50. The zero-order valence-corrected chi connectivity index (χ0v) is 22.7. The van der Waals surface area contributed by atoms with Crippen LogP contribution in [0.25, 0.3) is 0 Å². The highest BCUT2D eigenvalue weighted by molar-refractivity contribution is 8.14. The van der Waals surface area contributed by atoms with E-state index in [-0.39, 0.29) is 17.8 Å². The minimum atomic E-state index is -1.49. The molecule has 38 heavy (non-hydrogen) atoms. The van der Waals surface area contributed by atoms with E-state index in [1.807, 2.05) is 31.2 Å². The van der Waals surface area contributed by atoms with Gasteiger partial charge in [-0.1, -0.05) is 66.8 Å². The largest absolute Gasteiger partial charge is 0.459 e. The third-order valence-electron chi connectivity index (χ3n) is 6.88. The monoisotopic (exact) mass is 540 g/mol. The van der Waals surface area contributed by atoms with Crippen molar-refractivity contribution in [2.24, 2.45) is 5.92 Å². The van der Waals surface area contributed by atoms with E-state index in [0.717, 1.165) is 36.6 Å². The van der Waals surface area contributed by atoms with E-state index in [9.17, 15) is 14.4 Å². The van der Waals surface area contributed by atoms with Gasteiger partial charge in [-0.2, -0.15) is 0 Å². The van der Waals surface area contributed by atoms with Crippen LogP contribution in [0.1, 0.15) is 52.4 Å². The van der Waals surface area contributed by atoms with Crippen molar-refractivity contribution in [3.05, 3.63) is 66.3 Å². The van der Waals surface area contributed by atoms with Gasteiger partial charge < -0.3 is 19.5 Å². The van der Waals surface area contributed by atoms with Crippen LogP contribution in [0.4, 0.5) is 15.3 Å². The fraction of sp³-hybridized carbons (Fsp3) is 0.483. The van der Waals surface area contributed by atoms with Gasteiger partial charge in [0.05, 0.1) is 12.5 Å². The van der Waals surface area contributed by atoms with E-state index in [4.69, 9.17) is 14.2 Å². The van der Waals surface area contributed by atoms with Crippen molar-refractivity contribution in [2.75, 3.05) is 11.1 Å². The summed E-state index contributed by atoms with van der Waals surface area (Å²) in [4.78, 5) is 38.1. The average Bonchev–Trinajstić information content (AvgIpc) is 3.31. The Hall–Kier alpha value is -3.04. The van der Waals surface area contributed by atoms with Crippen molar-refractivity contribution in [2.45, 2.75) is 76.4 Å². The van der Waals surface area contributed by atoms with Gasteiger partial charge >= 0.3 is 12.1 Å². The van der Waals surface area contributed by atoms with Crippen LogP contribution < -0.4 is 10.6 Å². The number of amides is 2. The molecule has 0 aliphatic carbocycles. The van der Waals surface area contributed by atoms with Crippen LogP contribution in [0.2, 0.25) is 0 Å². The smallest absolute Gasteiger partial charge is 0.414 e. The van der Waals surface area contributed by atoms with Gasteiger partial charge in [0, 0.05) is 23.9 Å². The molecule has 0 unspecified atom stereocenters. The molecule has 0 radical (unpaired) electrons. The van der Waals surface area contributed by atoms with E-state index in [1.165, 1.54) is 6.08 Å². The minimum Gasteiger partial charge on any atom is -0.459 e. The first kappa shape index (κ1) is 28.0. The second-order valence-electron chi connectivity index (χ2n) is 10.1. The molecule has 1 aromatic carbocycles. The Labute approximate surface area is 228 Å². The molecule has 4 rings (SSSR count). The lowest BCUT2D eigenvalue weighted by atomic mass is 9.90. The van der Waals surface area contributed by atoms with Crippen molar-refractivity contribution >= 4 is 34.8 Å². The van der Waals surface area contributed by atoms with Gasteiger partial charge in [0.25, 0.3) is 5.24 Å². The van der Waals surface area contributed by atoms with Crippen LogP contribution in [-0.4, -0.2) is 47.1 Å².